The van der Waals surface area contributed by atoms with Crippen LogP contribution in [0.2, 0.25) is 0 Å². The van der Waals surface area contributed by atoms with Gasteiger partial charge in [0, 0.05) is 17.2 Å². The van der Waals surface area contributed by atoms with E-state index >= 15 is 0 Å². The lowest BCUT2D eigenvalue weighted by molar-refractivity contribution is -0.118. The van der Waals surface area contributed by atoms with E-state index < -0.39 is 0 Å². The fourth-order valence-corrected chi connectivity index (χ4v) is 4.44. The van der Waals surface area contributed by atoms with Crippen molar-refractivity contribution < 1.29 is 9.53 Å². The second kappa shape index (κ2) is 8.78. The first-order valence-corrected chi connectivity index (χ1v) is 10.9. The van der Waals surface area contributed by atoms with Crippen molar-refractivity contribution in [1.82, 2.24) is 4.68 Å². The number of amides is 1. The number of hydrogen-bond donors (Lipinski definition) is 1. The Morgan fingerprint density at radius 3 is 3.00 bits per heavy atom. The zero-order valence-corrected chi connectivity index (χ0v) is 17.5. The molecule has 29 heavy (non-hydrogen) atoms. The zero-order valence-electron chi connectivity index (χ0n) is 16.7. The minimum absolute atomic E-state index is 0.0560. The number of thiazole rings is 1. The van der Waals surface area contributed by atoms with Gasteiger partial charge in [-0.05, 0) is 43.9 Å². The fourth-order valence-electron chi connectivity index (χ4n) is 3.61. The van der Waals surface area contributed by atoms with Gasteiger partial charge in [-0.15, -0.1) is 11.3 Å². The van der Waals surface area contributed by atoms with Crippen molar-refractivity contribution in [3.63, 3.8) is 0 Å². The van der Waals surface area contributed by atoms with Crippen LogP contribution < -0.4 is 14.9 Å². The molecule has 0 bridgehead atoms. The molecule has 1 saturated carbocycles. The molecule has 1 amide bonds. The molecule has 2 aromatic rings. The van der Waals surface area contributed by atoms with Crippen molar-refractivity contribution in [2.45, 2.75) is 39.0 Å². The maximum Gasteiger partial charge on any atom is 0.262 e. The molecule has 0 atom stereocenters. The topological polar surface area (TPSA) is 68.0 Å². The van der Waals surface area contributed by atoms with Gasteiger partial charge in [0.1, 0.15) is 5.75 Å². The molecular formula is C22H26N4O2S. The smallest absolute Gasteiger partial charge is 0.262 e. The average Bonchev–Trinajstić information content (AvgIpc) is 3.13. The fraction of sp³-hybridized carbons (Fsp3) is 0.409. The third-order valence-electron chi connectivity index (χ3n) is 5.12. The third kappa shape index (κ3) is 4.67. The van der Waals surface area contributed by atoms with Crippen molar-refractivity contribution in [1.29, 1.82) is 0 Å². The molecule has 152 valence electrons. The predicted molar refractivity (Wildman–Crippen MR) is 118 cm³/mol. The number of hydrogen-bond acceptors (Lipinski definition) is 5. The van der Waals surface area contributed by atoms with Crippen molar-refractivity contribution in [3.05, 3.63) is 40.5 Å². The van der Waals surface area contributed by atoms with Crippen molar-refractivity contribution in [2.24, 2.45) is 16.0 Å². The van der Waals surface area contributed by atoms with Crippen molar-refractivity contribution >= 4 is 29.1 Å². The highest BCUT2D eigenvalue weighted by Crippen LogP contribution is 2.33. The lowest BCUT2D eigenvalue weighted by Crippen LogP contribution is -2.25. The number of anilines is 1. The van der Waals surface area contributed by atoms with Gasteiger partial charge in [0.2, 0.25) is 4.80 Å². The molecule has 1 N–H and O–H groups in total. The van der Waals surface area contributed by atoms with Crippen LogP contribution in [0.5, 0.6) is 5.75 Å². The Labute approximate surface area is 174 Å². The first-order valence-electron chi connectivity index (χ1n) is 10.1. The molecule has 0 radical (unpaired) electrons. The predicted octanol–water partition coefficient (Wildman–Crippen LogP) is 4.44. The summed E-state index contributed by atoms with van der Waals surface area (Å²) in [7, 11) is 0. The second-order valence-electron chi connectivity index (χ2n) is 7.70. The van der Waals surface area contributed by atoms with Crippen molar-refractivity contribution in [3.8, 4) is 17.0 Å². The summed E-state index contributed by atoms with van der Waals surface area (Å²) in [5, 5.41) is 9.77. The third-order valence-corrected chi connectivity index (χ3v) is 5.97. The number of carbonyl (C=O) groups excluding carboxylic acids is 1. The molecule has 1 fully saturated rings. The average molecular weight is 411 g/mol. The summed E-state index contributed by atoms with van der Waals surface area (Å²) in [5.74, 6) is 1.07. The van der Waals surface area contributed by atoms with Gasteiger partial charge in [-0.2, -0.15) is 5.10 Å². The van der Waals surface area contributed by atoms with E-state index in [1.165, 1.54) is 32.1 Å². The van der Waals surface area contributed by atoms with E-state index in [2.05, 4.69) is 28.5 Å². The second-order valence-corrected chi connectivity index (χ2v) is 8.54. The molecule has 7 heteroatoms. The van der Waals surface area contributed by atoms with E-state index in [0.717, 1.165) is 21.6 Å². The SMILES string of the molecule is C=C(C)CN=c1scc(-c2ccc3c(c2)NC(=O)CO3)n1N=CC1CCCCC1. The zero-order chi connectivity index (χ0) is 20.2. The molecule has 1 aliphatic carbocycles. The Bertz CT molecular complexity index is 1010. The first kappa shape index (κ1) is 19.6. The molecule has 1 aliphatic heterocycles. The van der Waals surface area contributed by atoms with E-state index in [4.69, 9.17) is 9.84 Å². The molecule has 0 unspecified atom stereocenters. The number of benzene rings is 1. The largest absolute Gasteiger partial charge is 0.482 e. The number of carbonyl (C=O) groups is 1. The van der Waals surface area contributed by atoms with E-state index in [1.807, 2.05) is 29.8 Å². The van der Waals surface area contributed by atoms with Gasteiger partial charge in [0.25, 0.3) is 5.91 Å². The van der Waals surface area contributed by atoms with Crippen LogP contribution in [-0.2, 0) is 4.79 Å². The van der Waals surface area contributed by atoms with Gasteiger partial charge in [0.05, 0.1) is 17.9 Å². The summed E-state index contributed by atoms with van der Waals surface area (Å²) in [4.78, 5) is 17.2. The maximum absolute atomic E-state index is 11.7. The number of ether oxygens (including phenoxy) is 1. The van der Waals surface area contributed by atoms with Crippen LogP contribution in [0, 0.1) is 5.92 Å². The van der Waals surface area contributed by atoms with E-state index in [1.54, 1.807) is 11.3 Å². The maximum atomic E-state index is 11.7. The van der Waals surface area contributed by atoms with Crippen molar-refractivity contribution in [2.75, 3.05) is 18.5 Å². The molecule has 4 rings (SSSR count). The Morgan fingerprint density at radius 1 is 1.38 bits per heavy atom. The van der Waals surface area contributed by atoms with Crippen LogP contribution in [0.3, 0.4) is 0 Å². The van der Waals surface area contributed by atoms with E-state index in [9.17, 15) is 4.79 Å². The lowest BCUT2D eigenvalue weighted by atomic mass is 9.90. The van der Waals surface area contributed by atoms with Crippen LogP contribution in [0.15, 0.2) is 45.8 Å². The van der Waals surface area contributed by atoms with Crippen LogP contribution in [0.1, 0.15) is 39.0 Å². The summed E-state index contributed by atoms with van der Waals surface area (Å²) in [6.07, 6.45) is 8.35. The lowest BCUT2D eigenvalue weighted by Gasteiger charge is -2.19. The standard InChI is InChI=1S/C22H26N4O2S/c1-15(2)11-23-22-26(24-12-16-6-4-3-5-7-16)19(14-29-22)17-8-9-20-18(10-17)25-21(27)13-28-20/h8-10,12,14,16H,1,3-7,11,13H2,2H3,(H,25,27). The molecule has 1 aromatic heterocycles. The van der Waals surface area contributed by atoms with Gasteiger partial charge in [-0.3, -0.25) is 9.79 Å². The quantitative estimate of drug-likeness (QED) is 0.585. The molecule has 0 spiro atoms. The van der Waals surface area contributed by atoms with E-state index in [0.29, 0.717) is 23.9 Å². The van der Waals surface area contributed by atoms with Gasteiger partial charge in [-0.25, -0.2) is 4.68 Å². The number of fused-ring (bicyclic) bond motifs is 1. The Morgan fingerprint density at radius 2 is 2.21 bits per heavy atom. The van der Waals surface area contributed by atoms with Gasteiger partial charge in [0.15, 0.2) is 6.61 Å². The number of aromatic nitrogens is 1. The molecule has 0 saturated heterocycles. The first-order chi connectivity index (χ1) is 14.1. The molecule has 6 nitrogen and oxygen atoms in total. The molecule has 1 aromatic carbocycles. The highest BCUT2D eigenvalue weighted by atomic mass is 32.1. The summed E-state index contributed by atoms with van der Waals surface area (Å²) in [5.41, 5.74) is 3.61. The molecule has 2 aliphatic rings. The summed E-state index contributed by atoms with van der Waals surface area (Å²) >= 11 is 1.56. The minimum atomic E-state index is -0.139. The van der Waals surface area contributed by atoms with Gasteiger partial charge in [-0.1, -0.05) is 31.4 Å². The highest BCUT2D eigenvalue weighted by molar-refractivity contribution is 7.07. The number of rotatable bonds is 5. The van der Waals surface area contributed by atoms with Crippen LogP contribution >= 0.6 is 11.3 Å². The Kier molecular flexibility index (Phi) is 5.94. The van der Waals surface area contributed by atoms with Crippen LogP contribution in [-0.4, -0.2) is 29.9 Å². The van der Waals surface area contributed by atoms with Crippen LogP contribution in [0.4, 0.5) is 5.69 Å². The Hall–Kier alpha value is -2.67. The minimum Gasteiger partial charge on any atom is -0.482 e. The summed E-state index contributed by atoms with van der Waals surface area (Å²) < 4.78 is 7.39. The summed E-state index contributed by atoms with van der Waals surface area (Å²) in [6, 6.07) is 5.82. The highest BCUT2D eigenvalue weighted by Gasteiger charge is 2.18. The Balaban J connectivity index is 1.72. The molecule has 2 heterocycles. The number of nitrogens with one attached hydrogen (secondary N) is 1. The summed E-state index contributed by atoms with van der Waals surface area (Å²) in [6.45, 7) is 6.55. The number of nitrogens with zero attached hydrogens (tertiary/aromatic N) is 3. The molecular weight excluding hydrogens is 384 g/mol. The van der Waals surface area contributed by atoms with Gasteiger partial charge >= 0.3 is 0 Å². The van der Waals surface area contributed by atoms with Gasteiger partial charge < -0.3 is 10.1 Å². The monoisotopic (exact) mass is 410 g/mol. The van der Waals surface area contributed by atoms with Crippen LogP contribution in [0.25, 0.3) is 11.3 Å². The normalized spacial score (nSPS) is 17.8. The van der Waals surface area contributed by atoms with E-state index in [-0.39, 0.29) is 12.5 Å².